The Bertz CT molecular complexity index is 977. The molecule has 7 nitrogen and oxygen atoms in total. The molecule has 7 heteroatoms. The van der Waals surface area contributed by atoms with E-state index in [9.17, 15) is 9.59 Å². The fourth-order valence-corrected chi connectivity index (χ4v) is 2.89. The Kier molecular flexibility index (Phi) is 3.92. The Hall–Kier alpha value is -2.96. The van der Waals surface area contributed by atoms with E-state index in [1.807, 2.05) is 32.9 Å². The van der Waals surface area contributed by atoms with Crippen LogP contribution in [0.2, 0.25) is 0 Å². The molecule has 24 heavy (non-hydrogen) atoms. The van der Waals surface area contributed by atoms with Crippen LogP contribution in [-0.2, 0) is 18.4 Å². The van der Waals surface area contributed by atoms with E-state index in [0.717, 1.165) is 22.4 Å². The van der Waals surface area contributed by atoms with Crippen LogP contribution in [-0.4, -0.2) is 25.2 Å². The first kappa shape index (κ1) is 15.9. The van der Waals surface area contributed by atoms with Gasteiger partial charge in [-0.2, -0.15) is 5.10 Å². The second-order valence-corrected chi connectivity index (χ2v) is 6.00. The Morgan fingerprint density at radius 1 is 1.21 bits per heavy atom. The first-order valence-electron chi connectivity index (χ1n) is 7.61. The zero-order valence-corrected chi connectivity index (χ0v) is 14.1. The lowest BCUT2D eigenvalue weighted by Crippen LogP contribution is -2.28. The molecule has 3 rings (SSSR count). The van der Waals surface area contributed by atoms with Gasteiger partial charge in [0.25, 0.3) is 5.56 Å². The van der Waals surface area contributed by atoms with E-state index in [1.165, 1.54) is 21.8 Å². The smallest absolute Gasteiger partial charge is 0.264 e. The zero-order chi connectivity index (χ0) is 17.4. The van der Waals surface area contributed by atoms with Crippen LogP contribution in [0.15, 0.2) is 29.5 Å². The van der Waals surface area contributed by atoms with Crippen LogP contribution in [0, 0.1) is 20.8 Å². The molecule has 0 fully saturated rings. The molecule has 1 N–H and O–H groups in total. The molecule has 2 heterocycles. The molecule has 0 spiro atoms. The normalized spacial score (nSPS) is 11.0. The van der Waals surface area contributed by atoms with Gasteiger partial charge in [0.15, 0.2) is 5.65 Å². The van der Waals surface area contributed by atoms with Crippen molar-refractivity contribution in [2.75, 3.05) is 5.32 Å². The minimum atomic E-state index is -0.277. The molecule has 3 aromatic rings. The third kappa shape index (κ3) is 2.80. The van der Waals surface area contributed by atoms with Gasteiger partial charge in [-0.15, -0.1) is 0 Å². The SMILES string of the molecule is Cc1cc(C)c(NC(=O)Cn2cnc3c(cnn3C)c2=O)c(C)c1. The molecule has 0 unspecified atom stereocenters. The predicted octanol–water partition coefficient (Wildman–Crippen LogP) is 1.69. The number of rotatable bonds is 3. The van der Waals surface area contributed by atoms with Crippen molar-refractivity contribution in [3.63, 3.8) is 0 Å². The van der Waals surface area contributed by atoms with Crippen LogP contribution in [0.25, 0.3) is 11.0 Å². The lowest BCUT2D eigenvalue weighted by molar-refractivity contribution is -0.116. The molecule has 0 aliphatic heterocycles. The molecule has 0 aliphatic carbocycles. The highest BCUT2D eigenvalue weighted by molar-refractivity contribution is 5.92. The molecule has 0 atom stereocenters. The average molecular weight is 325 g/mol. The van der Waals surface area contributed by atoms with Crippen LogP contribution in [0.4, 0.5) is 5.69 Å². The molecule has 2 aromatic heterocycles. The largest absolute Gasteiger partial charge is 0.324 e. The maximum atomic E-state index is 12.4. The summed E-state index contributed by atoms with van der Waals surface area (Å²) in [6, 6.07) is 4.02. The van der Waals surface area contributed by atoms with E-state index in [2.05, 4.69) is 15.4 Å². The number of hydrogen-bond acceptors (Lipinski definition) is 4. The van der Waals surface area contributed by atoms with E-state index in [0.29, 0.717) is 11.0 Å². The molecular weight excluding hydrogens is 306 g/mol. The standard InChI is InChI=1S/C17H19N5O2/c1-10-5-11(2)15(12(3)6-10)20-14(23)8-22-9-18-16-13(17(22)24)7-19-21(16)4/h5-7,9H,8H2,1-4H3,(H,20,23). The van der Waals surface area contributed by atoms with Gasteiger partial charge in [0.1, 0.15) is 18.3 Å². The average Bonchev–Trinajstić information content (AvgIpc) is 2.88. The third-order valence-electron chi connectivity index (χ3n) is 3.97. The number of hydrogen-bond donors (Lipinski definition) is 1. The van der Waals surface area contributed by atoms with Gasteiger partial charge < -0.3 is 5.32 Å². The fourth-order valence-electron chi connectivity index (χ4n) is 2.89. The van der Waals surface area contributed by atoms with Crippen molar-refractivity contribution in [3.8, 4) is 0 Å². The Labute approximate surface area is 138 Å². The van der Waals surface area contributed by atoms with Crippen molar-refractivity contribution in [1.82, 2.24) is 19.3 Å². The molecular formula is C17H19N5O2. The van der Waals surface area contributed by atoms with Crippen molar-refractivity contribution in [2.24, 2.45) is 7.05 Å². The quantitative estimate of drug-likeness (QED) is 0.794. The van der Waals surface area contributed by atoms with Gasteiger partial charge in [-0.3, -0.25) is 18.8 Å². The molecule has 0 saturated carbocycles. The van der Waals surface area contributed by atoms with Gasteiger partial charge in [-0.25, -0.2) is 4.98 Å². The van der Waals surface area contributed by atoms with E-state index in [1.54, 1.807) is 7.05 Å². The summed E-state index contributed by atoms with van der Waals surface area (Å²) in [6.45, 7) is 5.82. The first-order chi connectivity index (χ1) is 11.4. The van der Waals surface area contributed by atoms with E-state index in [4.69, 9.17) is 0 Å². The van der Waals surface area contributed by atoms with Crippen LogP contribution in [0.1, 0.15) is 16.7 Å². The molecule has 0 radical (unpaired) electrons. The van der Waals surface area contributed by atoms with Gasteiger partial charge in [0, 0.05) is 12.7 Å². The molecule has 1 aromatic carbocycles. The van der Waals surface area contributed by atoms with Crippen LogP contribution >= 0.6 is 0 Å². The highest BCUT2D eigenvalue weighted by Crippen LogP contribution is 2.21. The number of amides is 1. The second kappa shape index (κ2) is 5.92. The number of benzene rings is 1. The number of carbonyl (C=O) groups excluding carboxylic acids is 1. The predicted molar refractivity (Wildman–Crippen MR) is 92.1 cm³/mol. The van der Waals surface area contributed by atoms with Crippen molar-refractivity contribution in [3.05, 3.63) is 51.7 Å². The minimum Gasteiger partial charge on any atom is -0.324 e. The van der Waals surface area contributed by atoms with Crippen LogP contribution in [0.5, 0.6) is 0 Å². The van der Waals surface area contributed by atoms with Crippen molar-refractivity contribution >= 4 is 22.6 Å². The lowest BCUT2D eigenvalue weighted by Gasteiger charge is -2.13. The van der Waals surface area contributed by atoms with E-state index < -0.39 is 0 Å². The van der Waals surface area contributed by atoms with Gasteiger partial charge in [-0.05, 0) is 31.9 Å². The maximum Gasteiger partial charge on any atom is 0.264 e. The fraction of sp³-hybridized carbons (Fsp3) is 0.294. The lowest BCUT2D eigenvalue weighted by atomic mass is 10.1. The van der Waals surface area contributed by atoms with Crippen molar-refractivity contribution in [1.29, 1.82) is 0 Å². The number of aryl methyl sites for hydroxylation is 4. The number of fused-ring (bicyclic) bond motifs is 1. The van der Waals surface area contributed by atoms with Gasteiger partial charge in [0.2, 0.25) is 5.91 Å². The molecule has 124 valence electrons. The summed E-state index contributed by atoms with van der Waals surface area (Å²) in [7, 11) is 1.72. The summed E-state index contributed by atoms with van der Waals surface area (Å²) in [5.74, 6) is -0.266. The molecule has 0 aliphatic rings. The van der Waals surface area contributed by atoms with E-state index in [-0.39, 0.29) is 18.0 Å². The maximum absolute atomic E-state index is 12.4. The number of nitrogens with one attached hydrogen (secondary N) is 1. The second-order valence-electron chi connectivity index (χ2n) is 6.00. The summed E-state index contributed by atoms with van der Waals surface area (Å²) >= 11 is 0. The zero-order valence-electron chi connectivity index (χ0n) is 14.1. The number of anilines is 1. The number of carbonyl (C=O) groups is 1. The highest BCUT2D eigenvalue weighted by atomic mass is 16.2. The van der Waals surface area contributed by atoms with E-state index >= 15 is 0 Å². The summed E-state index contributed by atoms with van der Waals surface area (Å²) in [5.41, 5.74) is 4.14. The Balaban J connectivity index is 1.86. The van der Waals surface area contributed by atoms with Gasteiger partial charge in [0.05, 0.1) is 6.20 Å². The Morgan fingerprint density at radius 2 is 1.88 bits per heavy atom. The molecule has 0 bridgehead atoms. The first-order valence-corrected chi connectivity index (χ1v) is 7.61. The third-order valence-corrected chi connectivity index (χ3v) is 3.97. The van der Waals surface area contributed by atoms with Crippen LogP contribution < -0.4 is 10.9 Å². The molecule has 1 amide bonds. The minimum absolute atomic E-state index is 0.0938. The van der Waals surface area contributed by atoms with Gasteiger partial charge in [-0.1, -0.05) is 17.7 Å². The van der Waals surface area contributed by atoms with Gasteiger partial charge >= 0.3 is 0 Å². The van der Waals surface area contributed by atoms with Crippen LogP contribution in [0.3, 0.4) is 0 Å². The summed E-state index contributed by atoms with van der Waals surface area (Å²) in [5, 5.41) is 7.30. The summed E-state index contributed by atoms with van der Waals surface area (Å²) in [4.78, 5) is 28.9. The van der Waals surface area contributed by atoms with Crippen molar-refractivity contribution in [2.45, 2.75) is 27.3 Å². The number of aromatic nitrogens is 4. The molecule has 0 saturated heterocycles. The van der Waals surface area contributed by atoms with Crippen molar-refractivity contribution < 1.29 is 4.79 Å². The topological polar surface area (TPSA) is 81.8 Å². The number of nitrogens with zero attached hydrogens (tertiary/aromatic N) is 4. The Morgan fingerprint density at radius 3 is 2.54 bits per heavy atom. The highest BCUT2D eigenvalue weighted by Gasteiger charge is 2.12. The monoisotopic (exact) mass is 325 g/mol. The summed E-state index contributed by atoms with van der Waals surface area (Å²) in [6.07, 6.45) is 2.84. The summed E-state index contributed by atoms with van der Waals surface area (Å²) < 4.78 is 2.82.